The van der Waals surface area contributed by atoms with Crippen molar-refractivity contribution in [1.82, 2.24) is 14.6 Å². The van der Waals surface area contributed by atoms with Crippen LogP contribution in [-0.2, 0) is 0 Å². The third-order valence-corrected chi connectivity index (χ3v) is 5.01. The van der Waals surface area contributed by atoms with Crippen LogP contribution in [0.2, 0.25) is 0 Å². The lowest BCUT2D eigenvalue weighted by Crippen LogP contribution is -2.02. The van der Waals surface area contributed by atoms with Gasteiger partial charge < -0.3 is 14.8 Å². The van der Waals surface area contributed by atoms with Crippen molar-refractivity contribution in [1.29, 1.82) is 0 Å². The van der Waals surface area contributed by atoms with E-state index >= 15 is 0 Å². The van der Waals surface area contributed by atoms with Crippen LogP contribution in [0.25, 0.3) is 16.9 Å². The number of benzene rings is 2. The van der Waals surface area contributed by atoms with Gasteiger partial charge in [0.25, 0.3) is 0 Å². The first-order chi connectivity index (χ1) is 14.0. The average Bonchev–Trinajstić information content (AvgIpc) is 3.14. The van der Waals surface area contributed by atoms with Gasteiger partial charge in [-0.15, -0.1) is 0 Å². The van der Waals surface area contributed by atoms with E-state index in [-0.39, 0.29) is 0 Å². The molecule has 4 rings (SSSR count). The zero-order chi connectivity index (χ0) is 20.5. The quantitative estimate of drug-likeness (QED) is 0.516. The molecule has 1 N–H and O–H groups in total. The van der Waals surface area contributed by atoms with Crippen molar-refractivity contribution in [2.45, 2.75) is 20.8 Å². The summed E-state index contributed by atoms with van der Waals surface area (Å²) in [7, 11) is 3.25. The zero-order valence-electron chi connectivity index (χ0n) is 17.3. The lowest BCUT2D eigenvalue weighted by Gasteiger charge is -2.11. The predicted molar refractivity (Wildman–Crippen MR) is 115 cm³/mol. The summed E-state index contributed by atoms with van der Waals surface area (Å²) >= 11 is 0. The highest BCUT2D eigenvalue weighted by Crippen LogP contribution is 2.32. The van der Waals surface area contributed by atoms with Crippen LogP contribution >= 0.6 is 0 Å². The van der Waals surface area contributed by atoms with Crippen molar-refractivity contribution in [3.8, 4) is 22.8 Å². The van der Waals surface area contributed by atoms with Gasteiger partial charge in [0, 0.05) is 29.1 Å². The number of methoxy groups -OCH3 is 2. The van der Waals surface area contributed by atoms with Crippen LogP contribution in [0.15, 0.2) is 48.5 Å². The number of fused-ring (bicyclic) bond motifs is 1. The molecule has 6 nitrogen and oxygen atoms in total. The summed E-state index contributed by atoms with van der Waals surface area (Å²) < 4.78 is 12.6. The van der Waals surface area contributed by atoms with Crippen molar-refractivity contribution in [2.75, 3.05) is 19.5 Å². The third-order valence-electron chi connectivity index (χ3n) is 5.01. The van der Waals surface area contributed by atoms with E-state index in [0.29, 0.717) is 11.5 Å². The number of nitrogens with zero attached hydrogens (tertiary/aromatic N) is 3. The molecule has 0 amide bonds. The van der Waals surface area contributed by atoms with Gasteiger partial charge in [0.2, 0.25) is 0 Å². The molecule has 6 heteroatoms. The van der Waals surface area contributed by atoms with Crippen molar-refractivity contribution in [2.24, 2.45) is 0 Å². The average molecular weight is 388 g/mol. The largest absolute Gasteiger partial charge is 0.493 e. The number of aromatic nitrogens is 3. The molecule has 0 aliphatic rings. The molecule has 0 atom stereocenters. The van der Waals surface area contributed by atoms with Crippen molar-refractivity contribution in [3.63, 3.8) is 0 Å². The van der Waals surface area contributed by atoms with E-state index in [1.807, 2.05) is 41.8 Å². The SMILES string of the molecule is COc1ccc(-c2cc3nc(C)cc(Nc4ccc(C)c(C)c4)n3n2)cc1OC. The minimum absolute atomic E-state index is 0.666. The van der Waals surface area contributed by atoms with E-state index in [4.69, 9.17) is 14.6 Å². The Bertz CT molecular complexity index is 1200. The Kier molecular flexibility index (Phi) is 4.84. The summed E-state index contributed by atoms with van der Waals surface area (Å²) in [5.74, 6) is 2.22. The monoisotopic (exact) mass is 388 g/mol. The summed E-state index contributed by atoms with van der Waals surface area (Å²) in [6.07, 6.45) is 0. The van der Waals surface area contributed by atoms with Crippen LogP contribution in [-0.4, -0.2) is 28.8 Å². The fourth-order valence-electron chi connectivity index (χ4n) is 3.29. The molecule has 2 heterocycles. The Morgan fingerprint density at radius 2 is 1.62 bits per heavy atom. The molecular weight excluding hydrogens is 364 g/mol. The van der Waals surface area contributed by atoms with E-state index in [1.54, 1.807) is 14.2 Å². The summed E-state index contributed by atoms with van der Waals surface area (Å²) in [4.78, 5) is 4.64. The van der Waals surface area contributed by atoms with Crippen LogP contribution in [0.3, 0.4) is 0 Å². The van der Waals surface area contributed by atoms with E-state index in [0.717, 1.165) is 34.1 Å². The van der Waals surface area contributed by atoms with Crippen molar-refractivity contribution in [3.05, 3.63) is 65.4 Å². The molecule has 0 aliphatic heterocycles. The number of ether oxygens (including phenoxy) is 2. The molecular formula is C23H24N4O2. The highest BCUT2D eigenvalue weighted by Gasteiger charge is 2.13. The van der Waals surface area contributed by atoms with Crippen LogP contribution in [0.4, 0.5) is 11.5 Å². The third kappa shape index (κ3) is 3.61. The van der Waals surface area contributed by atoms with Gasteiger partial charge in [-0.1, -0.05) is 6.07 Å². The number of rotatable bonds is 5. The lowest BCUT2D eigenvalue weighted by atomic mass is 10.1. The number of hydrogen-bond donors (Lipinski definition) is 1. The minimum atomic E-state index is 0.666. The van der Waals surface area contributed by atoms with E-state index in [1.165, 1.54) is 11.1 Å². The molecule has 0 saturated heterocycles. The van der Waals surface area contributed by atoms with Gasteiger partial charge in [-0.2, -0.15) is 9.61 Å². The number of hydrogen-bond acceptors (Lipinski definition) is 5. The maximum atomic E-state index is 5.43. The number of anilines is 2. The molecule has 0 unspecified atom stereocenters. The topological polar surface area (TPSA) is 60.7 Å². The van der Waals surface area contributed by atoms with Gasteiger partial charge in [-0.05, 0) is 62.2 Å². The standard InChI is InChI=1S/C23H24N4O2/c1-14-6-8-18(10-15(14)2)25-22-11-16(3)24-23-13-19(26-27(22)23)17-7-9-20(28-4)21(12-17)29-5/h6-13,25H,1-5H3. The molecule has 2 aromatic heterocycles. The smallest absolute Gasteiger partial charge is 0.161 e. The number of aryl methyl sites for hydroxylation is 3. The van der Waals surface area contributed by atoms with Crippen molar-refractivity contribution < 1.29 is 9.47 Å². The molecule has 4 aromatic rings. The zero-order valence-corrected chi connectivity index (χ0v) is 17.3. The molecule has 0 saturated carbocycles. The van der Waals surface area contributed by atoms with Gasteiger partial charge in [-0.25, -0.2) is 4.98 Å². The molecule has 0 aliphatic carbocycles. The van der Waals surface area contributed by atoms with Gasteiger partial charge in [-0.3, -0.25) is 0 Å². The van der Waals surface area contributed by atoms with E-state index < -0.39 is 0 Å². The Hall–Kier alpha value is -3.54. The molecule has 29 heavy (non-hydrogen) atoms. The summed E-state index contributed by atoms with van der Waals surface area (Å²) in [5.41, 5.74) is 6.96. The first kappa shape index (κ1) is 18.8. The molecule has 0 fully saturated rings. The maximum absolute atomic E-state index is 5.43. The molecule has 0 radical (unpaired) electrons. The van der Waals surface area contributed by atoms with E-state index in [2.05, 4.69) is 42.3 Å². The molecule has 0 bridgehead atoms. The Morgan fingerprint density at radius 1 is 0.828 bits per heavy atom. The Balaban J connectivity index is 1.78. The molecule has 2 aromatic carbocycles. The summed E-state index contributed by atoms with van der Waals surface area (Å²) in [5, 5.41) is 8.26. The summed E-state index contributed by atoms with van der Waals surface area (Å²) in [6.45, 7) is 6.20. The van der Waals surface area contributed by atoms with Crippen LogP contribution in [0.5, 0.6) is 11.5 Å². The second-order valence-electron chi connectivity index (χ2n) is 7.08. The lowest BCUT2D eigenvalue weighted by molar-refractivity contribution is 0.355. The first-order valence-corrected chi connectivity index (χ1v) is 9.42. The maximum Gasteiger partial charge on any atom is 0.161 e. The fourth-order valence-corrected chi connectivity index (χ4v) is 3.29. The highest BCUT2D eigenvalue weighted by molar-refractivity contribution is 5.69. The molecule has 148 valence electrons. The van der Waals surface area contributed by atoms with Crippen LogP contribution < -0.4 is 14.8 Å². The van der Waals surface area contributed by atoms with Gasteiger partial charge in [0.05, 0.1) is 19.9 Å². The normalized spacial score (nSPS) is 10.9. The number of nitrogens with one attached hydrogen (secondary N) is 1. The van der Waals surface area contributed by atoms with Crippen LogP contribution in [0.1, 0.15) is 16.8 Å². The first-order valence-electron chi connectivity index (χ1n) is 9.42. The van der Waals surface area contributed by atoms with Gasteiger partial charge in [0.15, 0.2) is 17.1 Å². The Morgan fingerprint density at radius 3 is 2.34 bits per heavy atom. The van der Waals surface area contributed by atoms with E-state index in [9.17, 15) is 0 Å². The van der Waals surface area contributed by atoms with Crippen molar-refractivity contribution >= 4 is 17.2 Å². The second kappa shape index (κ2) is 7.47. The Labute approximate surface area is 170 Å². The van der Waals surface area contributed by atoms with Crippen LogP contribution in [0, 0.1) is 20.8 Å². The minimum Gasteiger partial charge on any atom is -0.493 e. The molecule has 0 spiro atoms. The van der Waals surface area contributed by atoms with Gasteiger partial charge in [0.1, 0.15) is 5.82 Å². The summed E-state index contributed by atoms with van der Waals surface area (Å²) in [6, 6.07) is 16.0. The fraction of sp³-hybridized carbons (Fsp3) is 0.217. The highest BCUT2D eigenvalue weighted by atomic mass is 16.5. The van der Waals surface area contributed by atoms with Gasteiger partial charge >= 0.3 is 0 Å². The predicted octanol–water partition coefficient (Wildman–Crippen LogP) is 5.08. The second-order valence-corrected chi connectivity index (χ2v) is 7.08.